The average Bonchev–Trinajstić information content (AvgIpc) is 2.33. The molecule has 0 radical (unpaired) electrons. The zero-order valence-corrected chi connectivity index (χ0v) is 12.8. The number of halogens is 2. The Morgan fingerprint density at radius 1 is 1.58 bits per heavy atom. The number of hydrogen-bond acceptors (Lipinski definition) is 4. The Kier molecular flexibility index (Phi) is 5.29. The number of fused-ring (bicyclic) bond motifs is 1. The van der Waals surface area contributed by atoms with Gasteiger partial charge in [0.1, 0.15) is 11.1 Å². The van der Waals surface area contributed by atoms with Crippen LogP contribution in [0.25, 0.3) is 0 Å². The summed E-state index contributed by atoms with van der Waals surface area (Å²) < 4.78 is 0. The summed E-state index contributed by atoms with van der Waals surface area (Å²) >= 11 is 7.24. The van der Waals surface area contributed by atoms with E-state index in [1.54, 1.807) is 0 Å². The lowest BCUT2D eigenvalue weighted by Gasteiger charge is -2.47. The van der Waals surface area contributed by atoms with E-state index in [1.165, 1.54) is 16.7 Å². The van der Waals surface area contributed by atoms with Gasteiger partial charge in [-0.25, -0.2) is 4.79 Å². The fraction of sp³-hybridized carbons (Fsp3) is 0.545. The molecule has 0 spiro atoms. The van der Waals surface area contributed by atoms with Gasteiger partial charge in [0, 0.05) is 17.3 Å². The molecule has 106 valence electrons. The van der Waals surface area contributed by atoms with Gasteiger partial charge in [0.15, 0.2) is 6.04 Å². The molecule has 2 aliphatic heterocycles. The molecule has 2 atom stereocenters. The van der Waals surface area contributed by atoms with Crippen LogP contribution in [0, 0.1) is 0 Å². The van der Waals surface area contributed by atoms with E-state index in [0.29, 0.717) is 11.3 Å². The SMILES string of the molecule is CC(C)=N[C@@H]1C(=O)N2C(C(=O)O)=C(CCl)CS[C@@H]12.Cl. The van der Waals surface area contributed by atoms with Crippen molar-refractivity contribution in [1.29, 1.82) is 0 Å². The molecular weight excluding hydrogens is 311 g/mol. The third-order valence-corrected chi connectivity index (χ3v) is 4.43. The predicted octanol–water partition coefficient (Wildman–Crippen LogP) is 1.75. The van der Waals surface area contributed by atoms with E-state index in [4.69, 9.17) is 11.6 Å². The van der Waals surface area contributed by atoms with Crippen LogP contribution in [-0.4, -0.2) is 50.6 Å². The first-order valence-corrected chi connectivity index (χ1v) is 7.02. The number of rotatable bonds is 3. The molecule has 0 aromatic carbocycles. The zero-order valence-electron chi connectivity index (χ0n) is 10.4. The summed E-state index contributed by atoms with van der Waals surface area (Å²) in [6.45, 7) is 3.64. The molecule has 0 aliphatic carbocycles. The van der Waals surface area contributed by atoms with E-state index in [0.717, 1.165) is 5.71 Å². The van der Waals surface area contributed by atoms with Crippen LogP contribution in [0.3, 0.4) is 0 Å². The second-order valence-corrected chi connectivity index (χ2v) is 5.69. The predicted molar refractivity (Wildman–Crippen MR) is 78.3 cm³/mol. The van der Waals surface area contributed by atoms with Gasteiger partial charge in [0.05, 0.1) is 0 Å². The normalized spacial score (nSPS) is 25.2. The third kappa shape index (κ3) is 2.75. The standard InChI is InChI=1S/C11H13ClN2O3S.ClH/c1-5(2)13-7-9(15)14-8(11(16)17)6(3-12)4-18-10(7)14;/h7,10H,3-4H2,1-2H3,(H,16,17);1H/t7-,10+;/m1./s1. The van der Waals surface area contributed by atoms with Gasteiger partial charge in [-0.3, -0.25) is 14.7 Å². The quantitative estimate of drug-likeness (QED) is 0.488. The molecule has 8 heteroatoms. The molecule has 1 N–H and O–H groups in total. The number of carboxylic acids is 1. The van der Waals surface area contributed by atoms with Crippen molar-refractivity contribution in [2.24, 2.45) is 4.99 Å². The van der Waals surface area contributed by atoms with Gasteiger partial charge in [-0.15, -0.1) is 35.8 Å². The summed E-state index contributed by atoms with van der Waals surface area (Å²) in [5, 5.41) is 8.99. The monoisotopic (exact) mass is 324 g/mol. The van der Waals surface area contributed by atoms with Crippen LogP contribution in [0.1, 0.15) is 13.8 Å². The molecule has 2 aliphatic rings. The lowest BCUT2D eigenvalue weighted by atomic mass is 10.0. The largest absolute Gasteiger partial charge is 0.477 e. The Hall–Kier alpha value is -0.720. The number of alkyl halides is 1. The molecule has 2 heterocycles. The Bertz CT molecular complexity index is 475. The number of nitrogens with zero attached hydrogens (tertiary/aromatic N) is 2. The Balaban J connectivity index is 0.00000180. The molecule has 0 unspecified atom stereocenters. The molecule has 1 amide bonds. The number of β-lactam (4-membered cyclic amide) rings is 1. The van der Waals surface area contributed by atoms with Gasteiger partial charge in [-0.05, 0) is 19.4 Å². The van der Waals surface area contributed by atoms with Gasteiger partial charge in [0.25, 0.3) is 5.91 Å². The third-order valence-electron chi connectivity index (χ3n) is 2.78. The highest BCUT2D eigenvalue weighted by Crippen LogP contribution is 2.41. The fourth-order valence-electron chi connectivity index (χ4n) is 2.03. The van der Waals surface area contributed by atoms with Crippen LogP contribution in [0.4, 0.5) is 0 Å². The number of carbonyl (C=O) groups excluding carboxylic acids is 1. The van der Waals surface area contributed by atoms with Crippen molar-refractivity contribution in [2.75, 3.05) is 11.6 Å². The molecule has 0 aromatic rings. The van der Waals surface area contributed by atoms with Crippen LogP contribution in [0.2, 0.25) is 0 Å². The minimum absolute atomic E-state index is 0. The number of thioether (sulfide) groups is 1. The Morgan fingerprint density at radius 3 is 2.68 bits per heavy atom. The smallest absolute Gasteiger partial charge is 0.352 e. The number of carbonyl (C=O) groups is 2. The lowest BCUT2D eigenvalue weighted by Crippen LogP contribution is -2.64. The highest BCUT2D eigenvalue weighted by molar-refractivity contribution is 8.00. The van der Waals surface area contributed by atoms with Crippen LogP contribution in [-0.2, 0) is 9.59 Å². The van der Waals surface area contributed by atoms with Gasteiger partial charge < -0.3 is 5.11 Å². The first kappa shape index (κ1) is 16.3. The second kappa shape index (κ2) is 6.15. The highest BCUT2D eigenvalue weighted by Gasteiger charge is 2.53. The van der Waals surface area contributed by atoms with E-state index >= 15 is 0 Å². The maximum Gasteiger partial charge on any atom is 0.352 e. The maximum atomic E-state index is 12.0. The first-order valence-electron chi connectivity index (χ1n) is 5.44. The highest BCUT2D eigenvalue weighted by atomic mass is 35.5. The lowest BCUT2D eigenvalue weighted by molar-refractivity contribution is -0.147. The molecule has 0 bridgehead atoms. The number of amides is 1. The average molecular weight is 325 g/mol. The van der Waals surface area contributed by atoms with E-state index in [2.05, 4.69) is 4.99 Å². The molecular formula is C11H14Cl2N2O3S. The molecule has 1 fully saturated rings. The topological polar surface area (TPSA) is 70.0 Å². The zero-order chi connectivity index (χ0) is 13.4. The van der Waals surface area contributed by atoms with Crippen LogP contribution < -0.4 is 0 Å². The minimum Gasteiger partial charge on any atom is -0.477 e. The van der Waals surface area contributed by atoms with E-state index in [-0.39, 0.29) is 35.3 Å². The van der Waals surface area contributed by atoms with Crippen molar-refractivity contribution in [3.05, 3.63) is 11.3 Å². The number of hydrogen-bond donors (Lipinski definition) is 1. The van der Waals surface area contributed by atoms with Gasteiger partial charge in [-0.2, -0.15) is 0 Å². The Morgan fingerprint density at radius 2 is 2.21 bits per heavy atom. The van der Waals surface area contributed by atoms with Crippen molar-refractivity contribution in [3.8, 4) is 0 Å². The van der Waals surface area contributed by atoms with Crippen molar-refractivity contribution in [1.82, 2.24) is 4.90 Å². The van der Waals surface area contributed by atoms with E-state index in [9.17, 15) is 14.7 Å². The van der Waals surface area contributed by atoms with Crippen LogP contribution >= 0.6 is 35.8 Å². The summed E-state index contributed by atoms with van der Waals surface area (Å²) in [4.78, 5) is 28.8. The second-order valence-electron chi connectivity index (χ2n) is 4.32. The van der Waals surface area contributed by atoms with Gasteiger partial charge in [0.2, 0.25) is 0 Å². The summed E-state index contributed by atoms with van der Waals surface area (Å²) in [5.41, 5.74) is 1.45. The summed E-state index contributed by atoms with van der Waals surface area (Å²) in [6.07, 6.45) is 0. The van der Waals surface area contributed by atoms with Gasteiger partial charge in [-0.1, -0.05) is 0 Å². The van der Waals surface area contributed by atoms with Crippen LogP contribution in [0.5, 0.6) is 0 Å². The molecule has 1 saturated heterocycles. The first-order chi connectivity index (χ1) is 8.47. The fourth-order valence-corrected chi connectivity index (χ4v) is 3.69. The van der Waals surface area contributed by atoms with Gasteiger partial charge >= 0.3 is 5.97 Å². The van der Waals surface area contributed by atoms with Crippen molar-refractivity contribution in [2.45, 2.75) is 25.3 Å². The van der Waals surface area contributed by atoms with E-state index in [1.807, 2.05) is 13.8 Å². The summed E-state index contributed by atoms with van der Waals surface area (Å²) in [5.74, 6) is -0.686. The maximum absolute atomic E-state index is 12.0. The molecule has 0 saturated carbocycles. The van der Waals surface area contributed by atoms with Crippen LogP contribution in [0.15, 0.2) is 16.3 Å². The summed E-state index contributed by atoms with van der Waals surface area (Å²) in [6, 6.07) is -0.453. The molecule has 2 rings (SSSR count). The van der Waals surface area contributed by atoms with Crippen molar-refractivity contribution in [3.63, 3.8) is 0 Å². The minimum atomic E-state index is -1.10. The van der Waals surface area contributed by atoms with Crippen molar-refractivity contribution < 1.29 is 14.7 Å². The molecule has 19 heavy (non-hydrogen) atoms. The Labute approximate surface area is 126 Å². The molecule has 5 nitrogen and oxygen atoms in total. The van der Waals surface area contributed by atoms with E-state index < -0.39 is 12.0 Å². The van der Waals surface area contributed by atoms with Crippen molar-refractivity contribution >= 4 is 53.4 Å². The summed E-state index contributed by atoms with van der Waals surface area (Å²) in [7, 11) is 0. The number of carboxylic acid groups (broad SMARTS) is 1. The number of aliphatic imine (C=N–C) groups is 1. The number of aliphatic carboxylic acids is 1. The molecule has 0 aromatic heterocycles.